The van der Waals surface area contributed by atoms with Crippen molar-refractivity contribution in [3.63, 3.8) is 0 Å². The van der Waals surface area contributed by atoms with Crippen LogP contribution in [0.5, 0.6) is 0 Å². The SMILES string of the molecule is C[C@H](CCC(=O)O)[C@H]1CC[C@H]2[C@@H]3CC[C@H]4C[C@H](O)CC[C@]4(C)[C@@H]3CC[C@]12C. The monoisotopic (exact) mass is 376 g/mol. The maximum absolute atomic E-state index is 11.0. The second kappa shape index (κ2) is 7.04. The van der Waals surface area contributed by atoms with Gasteiger partial charge in [0.05, 0.1) is 6.10 Å². The summed E-state index contributed by atoms with van der Waals surface area (Å²) in [6.45, 7) is 7.43. The van der Waals surface area contributed by atoms with Crippen LogP contribution < -0.4 is 0 Å². The zero-order chi connectivity index (χ0) is 19.4. The molecule has 0 aromatic heterocycles. The summed E-state index contributed by atoms with van der Waals surface area (Å²) in [6, 6.07) is 0. The molecule has 4 saturated carbocycles. The van der Waals surface area contributed by atoms with E-state index in [0.29, 0.717) is 29.1 Å². The number of aliphatic hydroxyl groups excluding tert-OH is 1. The van der Waals surface area contributed by atoms with E-state index < -0.39 is 5.97 Å². The lowest BCUT2D eigenvalue weighted by Crippen LogP contribution is -2.54. The van der Waals surface area contributed by atoms with Gasteiger partial charge in [-0.1, -0.05) is 20.8 Å². The molecule has 0 aromatic carbocycles. The van der Waals surface area contributed by atoms with Crippen LogP contribution >= 0.6 is 0 Å². The fourth-order valence-corrected chi connectivity index (χ4v) is 8.76. The van der Waals surface area contributed by atoms with Crippen LogP contribution in [0.3, 0.4) is 0 Å². The van der Waals surface area contributed by atoms with Gasteiger partial charge in [0, 0.05) is 6.42 Å². The predicted octanol–water partition coefficient (Wildman–Crippen LogP) is 5.51. The molecule has 4 rings (SSSR count). The van der Waals surface area contributed by atoms with Crippen LogP contribution in [0, 0.1) is 46.3 Å². The van der Waals surface area contributed by atoms with Gasteiger partial charge in [0.2, 0.25) is 0 Å². The van der Waals surface area contributed by atoms with Crippen LogP contribution in [-0.4, -0.2) is 22.3 Å². The highest BCUT2D eigenvalue weighted by atomic mass is 16.4. The lowest BCUT2D eigenvalue weighted by molar-refractivity contribution is -0.138. The first kappa shape index (κ1) is 19.7. The zero-order valence-corrected chi connectivity index (χ0v) is 17.6. The fraction of sp³-hybridized carbons (Fsp3) is 0.958. The quantitative estimate of drug-likeness (QED) is 0.680. The molecule has 0 spiro atoms. The summed E-state index contributed by atoms with van der Waals surface area (Å²) in [6.07, 6.45) is 12.4. The number of carbonyl (C=O) groups is 1. The summed E-state index contributed by atoms with van der Waals surface area (Å²) in [4.78, 5) is 11.0. The minimum Gasteiger partial charge on any atom is -0.481 e. The molecule has 27 heavy (non-hydrogen) atoms. The Morgan fingerprint density at radius 1 is 1.00 bits per heavy atom. The lowest BCUT2D eigenvalue weighted by Gasteiger charge is -2.61. The smallest absolute Gasteiger partial charge is 0.303 e. The number of carboxylic acid groups (broad SMARTS) is 1. The Kier molecular flexibility index (Phi) is 5.15. The maximum Gasteiger partial charge on any atom is 0.303 e. The Bertz CT molecular complexity index is 574. The van der Waals surface area contributed by atoms with Gasteiger partial charge in [-0.05, 0) is 111 Å². The normalized spacial score (nSPS) is 50.4. The number of hydrogen-bond acceptors (Lipinski definition) is 2. The summed E-state index contributed by atoms with van der Waals surface area (Å²) in [5, 5.41) is 19.3. The molecule has 3 heteroatoms. The Morgan fingerprint density at radius 3 is 2.44 bits per heavy atom. The predicted molar refractivity (Wildman–Crippen MR) is 107 cm³/mol. The van der Waals surface area contributed by atoms with E-state index >= 15 is 0 Å². The van der Waals surface area contributed by atoms with Crippen molar-refractivity contribution >= 4 is 5.97 Å². The number of hydrogen-bond donors (Lipinski definition) is 2. The minimum absolute atomic E-state index is 0.0561. The molecule has 4 aliphatic rings. The van der Waals surface area contributed by atoms with Gasteiger partial charge in [-0.3, -0.25) is 4.79 Å². The minimum atomic E-state index is -0.643. The number of fused-ring (bicyclic) bond motifs is 5. The van der Waals surface area contributed by atoms with Crippen LogP contribution in [-0.2, 0) is 4.79 Å². The molecule has 0 amide bonds. The number of rotatable bonds is 4. The second-order valence-electron chi connectivity index (χ2n) is 11.2. The summed E-state index contributed by atoms with van der Waals surface area (Å²) in [5.41, 5.74) is 0.882. The van der Waals surface area contributed by atoms with Gasteiger partial charge >= 0.3 is 5.97 Å². The molecule has 0 bridgehead atoms. The molecule has 0 aromatic rings. The van der Waals surface area contributed by atoms with Crippen molar-refractivity contribution in [2.24, 2.45) is 46.3 Å². The molecule has 9 atom stereocenters. The molecule has 0 unspecified atom stereocenters. The van der Waals surface area contributed by atoms with Crippen LogP contribution in [0.2, 0.25) is 0 Å². The van der Waals surface area contributed by atoms with Crippen molar-refractivity contribution in [1.29, 1.82) is 0 Å². The number of aliphatic carboxylic acids is 1. The largest absolute Gasteiger partial charge is 0.481 e. The van der Waals surface area contributed by atoms with E-state index in [2.05, 4.69) is 20.8 Å². The van der Waals surface area contributed by atoms with Crippen molar-refractivity contribution in [2.75, 3.05) is 0 Å². The molecule has 0 heterocycles. The van der Waals surface area contributed by atoms with Gasteiger partial charge in [0.1, 0.15) is 0 Å². The zero-order valence-electron chi connectivity index (χ0n) is 17.6. The maximum atomic E-state index is 11.0. The molecular formula is C24H40O3. The molecule has 0 saturated heterocycles. The van der Waals surface area contributed by atoms with Crippen molar-refractivity contribution in [3.05, 3.63) is 0 Å². The Labute approximate surface area is 165 Å². The summed E-state index contributed by atoms with van der Waals surface area (Å²) in [7, 11) is 0. The van der Waals surface area contributed by atoms with Crippen LogP contribution in [0.1, 0.15) is 91.4 Å². The summed E-state index contributed by atoms with van der Waals surface area (Å²) < 4.78 is 0. The topological polar surface area (TPSA) is 57.5 Å². The number of carboxylic acids is 1. The van der Waals surface area contributed by atoms with E-state index in [1.807, 2.05) is 0 Å². The molecule has 3 nitrogen and oxygen atoms in total. The van der Waals surface area contributed by atoms with Gasteiger partial charge in [0.25, 0.3) is 0 Å². The first-order valence-electron chi connectivity index (χ1n) is 11.7. The van der Waals surface area contributed by atoms with Gasteiger partial charge in [0.15, 0.2) is 0 Å². The van der Waals surface area contributed by atoms with Crippen LogP contribution in [0.4, 0.5) is 0 Å². The molecule has 0 aliphatic heterocycles. The van der Waals surface area contributed by atoms with E-state index in [0.717, 1.165) is 42.9 Å². The first-order valence-corrected chi connectivity index (χ1v) is 11.7. The molecule has 4 fully saturated rings. The van der Waals surface area contributed by atoms with Crippen molar-refractivity contribution in [1.82, 2.24) is 0 Å². The van der Waals surface area contributed by atoms with Crippen LogP contribution in [0.25, 0.3) is 0 Å². The van der Waals surface area contributed by atoms with Gasteiger partial charge < -0.3 is 10.2 Å². The van der Waals surface area contributed by atoms with Gasteiger partial charge in [-0.2, -0.15) is 0 Å². The second-order valence-corrected chi connectivity index (χ2v) is 11.2. The van der Waals surface area contributed by atoms with E-state index in [9.17, 15) is 9.90 Å². The molecule has 4 aliphatic carbocycles. The van der Waals surface area contributed by atoms with Crippen molar-refractivity contribution in [3.8, 4) is 0 Å². The first-order chi connectivity index (χ1) is 12.8. The third-order valence-electron chi connectivity index (χ3n) is 10.2. The average molecular weight is 377 g/mol. The standard InChI is InChI=1S/C24H40O3/c1-15(4-9-22(26)27)19-7-8-20-18-6-5-16-14-17(25)10-12-23(16,2)21(18)11-13-24(19,20)3/h15-21,25H,4-14H2,1-3H3,(H,26,27)/t15-,16+,17-,18+,19-,20+,21-,23+,24-/m1/s1. The van der Waals surface area contributed by atoms with Gasteiger partial charge in [-0.25, -0.2) is 0 Å². The Hall–Kier alpha value is -0.570. The van der Waals surface area contributed by atoms with Crippen LogP contribution in [0.15, 0.2) is 0 Å². The summed E-state index contributed by atoms with van der Waals surface area (Å²) in [5.74, 6) is 3.91. The van der Waals surface area contributed by atoms with Crippen molar-refractivity contribution in [2.45, 2.75) is 97.5 Å². The van der Waals surface area contributed by atoms with Crippen molar-refractivity contribution < 1.29 is 15.0 Å². The highest BCUT2D eigenvalue weighted by Crippen LogP contribution is 2.68. The Balaban J connectivity index is 1.51. The third-order valence-corrected chi connectivity index (χ3v) is 10.2. The van der Waals surface area contributed by atoms with E-state index in [1.165, 1.54) is 44.9 Å². The number of aliphatic hydroxyl groups is 1. The molecule has 154 valence electrons. The van der Waals surface area contributed by atoms with Gasteiger partial charge in [-0.15, -0.1) is 0 Å². The van der Waals surface area contributed by atoms with E-state index in [-0.39, 0.29) is 6.10 Å². The average Bonchev–Trinajstić information content (AvgIpc) is 2.97. The highest BCUT2D eigenvalue weighted by Gasteiger charge is 2.60. The summed E-state index contributed by atoms with van der Waals surface area (Å²) >= 11 is 0. The fourth-order valence-electron chi connectivity index (χ4n) is 8.76. The molecule has 2 N–H and O–H groups in total. The molecule has 0 radical (unpaired) electrons. The highest BCUT2D eigenvalue weighted by molar-refractivity contribution is 5.66. The lowest BCUT2D eigenvalue weighted by atomic mass is 9.44. The third kappa shape index (κ3) is 3.16. The van der Waals surface area contributed by atoms with E-state index in [4.69, 9.17) is 5.11 Å². The van der Waals surface area contributed by atoms with E-state index in [1.54, 1.807) is 0 Å². The Morgan fingerprint density at radius 2 is 1.70 bits per heavy atom. The molecular weight excluding hydrogens is 336 g/mol.